The molecule has 0 aliphatic carbocycles. The summed E-state index contributed by atoms with van der Waals surface area (Å²) in [4.78, 5) is 31.7. The maximum absolute atomic E-state index is 11.8. The molecule has 0 aromatic heterocycles. The zero-order chi connectivity index (χ0) is 19.6. The van der Waals surface area contributed by atoms with Crippen molar-refractivity contribution in [3.8, 4) is 0 Å². The van der Waals surface area contributed by atoms with E-state index in [-0.39, 0.29) is 36.0 Å². The Hall–Kier alpha value is -2.04. The Kier molecular flexibility index (Phi) is 10.6. The maximum atomic E-state index is 11.8. The number of nitrogens with zero attached hydrogens (tertiary/aromatic N) is 3. The quantitative estimate of drug-likeness (QED) is 0.362. The van der Waals surface area contributed by atoms with Gasteiger partial charge in [0, 0.05) is 52.4 Å². The van der Waals surface area contributed by atoms with Crippen LogP contribution in [0.2, 0.25) is 0 Å². The second-order valence-corrected chi connectivity index (χ2v) is 6.18. The third kappa shape index (κ3) is 6.84. The molecule has 0 atom stereocenters. The average molecular weight is 503 g/mol. The van der Waals surface area contributed by atoms with Gasteiger partial charge in [-0.05, 0) is 31.0 Å². The van der Waals surface area contributed by atoms with Crippen molar-refractivity contribution < 1.29 is 14.3 Å². The van der Waals surface area contributed by atoms with Crippen LogP contribution in [0.5, 0.6) is 0 Å². The van der Waals surface area contributed by atoms with Crippen molar-refractivity contribution in [2.75, 3.05) is 53.4 Å². The van der Waals surface area contributed by atoms with Gasteiger partial charge < -0.3 is 25.2 Å². The van der Waals surface area contributed by atoms with Gasteiger partial charge in [-0.3, -0.25) is 9.79 Å². The molecule has 8 nitrogen and oxygen atoms in total. The summed E-state index contributed by atoms with van der Waals surface area (Å²) in [5, 5.41) is 6.00. The first-order chi connectivity index (χ1) is 13.1. The number of guanidine groups is 1. The molecule has 2 rings (SSSR count). The van der Waals surface area contributed by atoms with Crippen LogP contribution in [-0.4, -0.2) is 81.2 Å². The van der Waals surface area contributed by atoms with Gasteiger partial charge in [-0.2, -0.15) is 0 Å². The number of hydrogen-bond donors (Lipinski definition) is 2. The summed E-state index contributed by atoms with van der Waals surface area (Å²) < 4.78 is 5.05. The summed E-state index contributed by atoms with van der Waals surface area (Å²) in [6.07, 6.45) is 0.531. The summed E-state index contributed by atoms with van der Waals surface area (Å²) in [6.45, 7) is 5.58. The van der Waals surface area contributed by atoms with Gasteiger partial charge in [0.25, 0.3) is 5.91 Å². The molecule has 0 bridgehead atoms. The number of carbonyl (C=O) groups is 2. The highest BCUT2D eigenvalue weighted by atomic mass is 127. The average Bonchev–Trinajstić information content (AvgIpc) is 2.71. The Morgan fingerprint density at radius 1 is 1.18 bits per heavy atom. The van der Waals surface area contributed by atoms with Crippen LogP contribution in [0.4, 0.5) is 4.79 Å². The van der Waals surface area contributed by atoms with Crippen LogP contribution in [0.25, 0.3) is 0 Å². The SMILES string of the molecule is CCOC(=O)N1CCN(C(=NC)NCCc2cccc(C(=O)NC)c2)CC1.I. The number of hydrogen-bond acceptors (Lipinski definition) is 4. The lowest BCUT2D eigenvalue weighted by Crippen LogP contribution is -2.54. The molecule has 9 heteroatoms. The van der Waals surface area contributed by atoms with E-state index < -0.39 is 0 Å². The predicted molar refractivity (Wildman–Crippen MR) is 120 cm³/mol. The smallest absolute Gasteiger partial charge is 0.409 e. The number of aliphatic imine (C=N–C) groups is 1. The third-order valence-electron chi connectivity index (χ3n) is 4.43. The van der Waals surface area contributed by atoms with Gasteiger partial charge in [0.2, 0.25) is 0 Å². The molecule has 28 heavy (non-hydrogen) atoms. The van der Waals surface area contributed by atoms with Crippen LogP contribution in [0.3, 0.4) is 0 Å². The number of ether oxygens (including phenoxy) is 1. The highest BCUT2D eigenvalue weighted by Gasteiger charge is 2.23. The molecular weight excluding hydrogens is 473 g/mol. The molecular formula is C19H30IN5O3. The van der Waals surface area contributed by atoms with Crippen LogP contribution < -0.4 is 10.6 Å². The molecule has 0 unspecified atom stereocenters. The van der Waals surface area contributed by atoms with Crippen molar-refractivity contribution in [3.05, 3.63) is 35.4 Å². The number of halogens is 1. The highest BCUT2D eigenvalue weighted by molar-refractivity contribution is 14.0. The molecule has 1 heterocycles. The van der Waals surface area contributed by atoms with E-state index in [1.165, 1.54) is 0 Å². The largest absolute Gasteiger partial charge is 0.450 e. The molecule has 1 aliphatic rings. The second kappa shape index (κ2) is 12.4. The van der Waals surface area contributed by atoms with Crippen molar-refractivity contribution >= 4 is 41.9 Å². The number of benzene rings is 1. The normalized spacial score (nSPS) is 14.2. The van der Waals surface area contributed by atoms with Crippen molar-refractivity contribution in [2.45, 2.75) is 13.3 Å². The number of amides is 2. The number of carbonyl (C=O) groups excluding carboxylic acids is 2. The zero-order valence-corrected chi connectivity index (χ0v) is 19.1. The molecule has 0 spiro atoms. The third-order valence-corrected chi connectivity index (χ3v) is 4.43. The van der Waals surface area contributed by atoms with E-state index in [4.69, 9.17) is 4.74 Å². The molecule has 0 saturated carbocycles. The zero-order valence-electron chi connectivity index (χ0n) is 16.7. The summed E-state index contributed by atoms with van der Waals surface area (Å²) in [6, 6.07) is 7.61. The van der Waals surface area contributed by atoms with Gasteiger partial charge in [-0.15, -0.1) is 24.0 Å². The monoisotopic (exact) mass is 503 g/mol. The van der Waals surface area contributed by atoms with Crippen LogP contribution in [0.1, 0.15) is 22.8 Å². The summed E-state index contributed by atoms with van der Waals surface area (Å²) >= 11 is 0. The van der Waals surface area contributed by atoms with Crippen LogP contribution in [-0.2, 0) is 11.2 Å². The van der Waals surface area contributed by atoms with E-state index in [0.717, 1.165) is 17.9 Å². The minimum atomic E-state index is -0.254. The highest BCUT2D eigenvalue weighted by Crippen LogP contribution is 2.07. The van der Waals surface area contributed by atoms with Crippen molar-refractivity contribution in [3.63, 3.8) is 0 Å². The molecule has 2 N–H and O–H groups in total. The topological polar surface area (TPSA) is 86.3 Å². The standard InChI is InChI=1S/C19H29N5O3.HI/c1-4-27-19(26)24-12-10-23(11-13-24)18(21-3)22-9-8-15-6-5-7-16(14-15)17(25)20-2;/h5-7,14H,4,8-13H2,1-3H3,(H,20,25)(H,21,22);1H. The van der Waals surface area contributed by atoms with Gasteiger partial charge >= 0.3 is 6.09 Å². The summed E-state index contributed by atoms with van der Waals surface area (Å²) in [7, 11) is 3.38. The molecule has 1 aliphatic heterocycles. The van der Waals surface area contributed by atoms with E-state index >= 15 is 0 Å². The molecule has 1 aromatic rings. The van der Waals surface area contributed by atoms with Crippen molar-refractivity contribution in [1.82, 2.24) is 20.4 Å². The van der Waals surface area contributed by atoms with Crippen molar-refractivity contribution in [1.29, 1.82) is 0 Å². The van der Waals surface area contributed by atoms with Gasteiger partial charge in [0.1, 0.15) is 0 Å². The molecule has 1 aromatic carbocycles. The van der Waals surface area contributed by atoms with E-state index in [0.29, 0.717) is 44.9 Å². The Balaban J connectivity index is 0.00000392. The fraction of sp³-hybridized carbons (Fsp3) is 0.526. The van der Waals surface area contributed by atoms with Crippen molar-refractivity contribution in [2.24, 2.45) is 4.99 Å². The van der Waals surface area contributed by atoms with Gasteiger partial charge in [-0.25, -0.2) is 4.79 Å². The molecule has 2 amide bonds. The van der Waals surface area contributed by atoms with Crippen LogP contribution in [0.15, 0.2) is 29.3 Å². The maximum Gasteiger partial charge on any atom is 0.409 e. The lowest BCUT2D eigenvalue weighted by Gasteiger charge is -2.35. The summed E-state index contributed by atoms with van der Waals surface area (Å²) in [5.74, 6) is 0.737. The summed E-state index contributed by atoms with van der Waals surface area (Å²) in [5.41, 5.74) is 1.75. The Morgan fingerprint density at radius 3 is 2.46 bits per heavy atom. The van der Waals surface area contributed by atoms with Crippen LogP contribution >= 0.6 is 24.0 Å². The van der Waals surface area contributed by atoms with Gasteiger partial charge in [-0.1, -0.05) is 12.1 Å². The molecule has 1 fully saturated rings. The van der Waals surface area contributed by atoms with Gasteiger partial charge in [0.05, 0.1) is 6.61 Å². The molecule has 1 saturated heterocycles. The lowest BCUT2D eigenvalue weighted by molar-refractivity contribution is 0.0914. The van der Waals surface area contributed by atoms with E-state index in [2.05, 4.69) is 20.5 Å². The Bertz CT molecular complexity index is 675. The fourth-order valence-corrected chi connectivity index (χ4v) is 2.98. The minimum absolute atomic E-state index is 0. The number of piperazine rings is 1. The first-order valence-electron chi connectivity index (χ1n) is 9.27. The van der Waals surface area contributed by atoms with Crippen LogP contribution in [0, 0.1) is 0 Å². The first kappa shape index (κ1) is 24.0. The Morgan fingerprint density at radius 2 is 1.86 bits per heavy atom. The van der Waals surface area contributed by atoms with E-state index in [1.807, 2.05) is 25.1 Å². The van der Waals surface area contributed by atoms with Gasteiger partial charge in [0.15, 0.2) is 5.96 Å². The molecule has 156 valence electrons. The number of rotatable bonds is 5. The van der Waals surface area contributed by atoms with E-state index in [1.54, 1.807) is 25.1 Å². The Labute approximate surface area is 183 Å². The number of nitrogens with one attached hydrogen (secondary N) is 2. The minimum Gasteiger partial charge on any atom is -0.450 e. The molecule has 0 radical (unpaired) electrons. The fourth-order valence-electron chi connectivity index (χ4n) is 2.98. The van der Waals surface area contributed by atoms with E-state index in [9.17, 15) is 9.59 Å². The first-order valence-corrected chi connectivity index (χ1v) is 9.27. The predicted octanol–water partition coefficient (Wildman–Crippen LogP) is 1.56. The lowest BCUT2D eigenvalue weighted by atomic mass is 10.1. The second-order valence-electron chi connectivity index (χ2n) is 6.18.